The third-order valence-corrected chi connectivity index (χ3v) is 4.75. The lowest BCUT2D eigenvalue weighted by Gasteiger charge is -2.11. The van der Waals surface area contributed by atoms with E-state index in [1.54, 1.807) is 16.8 Å². The molecule has 0 bridgehead atoms. The van der Waals surface area contributed by atoms with Crippen molar-refractivity contribution in [3.63, 3.8) is 0 Å². The molecule has 0 aliphatic rings. The smallest absolute Gasteiger partial charge is 0.422 e. The van der Waals surface area contributed by atoms with Crippen LogP contribution in [0.3, 0.4) is 0 Å². The van der Waals surface area contributed by atoms with Crippen molar-refractivity contribution in [2.75, 3.05) is 6.61 Å². The number of aryl methyl sites for hydroxylation is 2. The zero-order valence-corrected chi connectivity index (χ0v) is 15.5. The number of para-hydroxylation sites is 1. The number of ether oxygens (including phenoxy) is 1. The van der Waals surface area contributed by atoms with Gasteiger partial charge in [-0.2, -0.15) is 17.9 Å². The molecule has 5 nitrogen and oxygen atoms in total. The first-order valence-electron chi connectivity index (χ1n) is 8.10. The number of nitrogens with zero attached hydrogens (tertiary/aromatic N) is 4. The van der Waals surface area contributed by atoms with E-state index < -0.39 is 12.8 Å². The van der Waals surface area contributed by atoms with E-state index in [0.29, 0.717) is 10.9 Å². The standard InChI is InChI=1S/C18H17F3N4OS/c1-12-5-3-6-13(2)16(12)25-17(22-23-24-25)27-10-14-7-4-8-15(9-14)26-11-18(19,20)21/h3-9H,10-11H2,1-2H3. The highest BCUT2D eigenvalue weighted by Crippen LogP contribution is 2.27. The Labute approximate surface area is 158 Å². The summed E-state index contributed by atoms with van der Waals surface area (Å²) in [4.78, 5) is 0. The van der Waals surface area contributed by atoms with Crippen molar-refractivity contribution in [2.45, 2.75) is 30.9 Å². The van der Waals surface area contributed by atoms with Crippen molar-refractivity contribution in [1.82, 2.24) is 20.2 Å². The zero-order valence-electron chi connectivity index (χ0n) is 14.7. The lowest BCUT2D eigenvalue weighted by molar-refractivity contribution is -0.153. The molecule has 9 heteroatoms. The molecule has 142 valence electrons. The Morgan fingerprint density at radius 2 is 1.78 bits per heavy atom. The van der Waals surface area contributed by atoms with Crippen LogP contribution in [0.15, 0.2) is 47.6 Å². The van der Waals surface area contributed by atoms with Crippen molar-refractivity contribution >= 4 is 11.8 Å². The van der Waals surface area contributed by atoms with E-state index in [9.17, 15) is 13.2 Å². The summed E-state index contributed by atoms with van der Waals surface area (Å²) in [6, 6.07) is 12.5. The van der Waals surface area contributed by atoms with Crippen LogP contribution >= 0.6 is 11.8 Å². The van der Waals surface area contributed by atoms with E-state index in [2.05, 4.69) is 15.5 Å². The fraction of sp³-hybridized carbons (Fsp3) is 0.278. The van der Waals surface area contributed by atoms with Crippen LogP contribution in [0.25, 0.3) is 5.69 Å². The Kier molecular flexibility index (Phi) is 5.69. The third-order valence-electron chi connectivity index (χ3n) is 3.76. The molecule has 3 aromatic rings. The van der Waals surface area contributed by atoms with Crippen molar-refractivity contribution in [2.24, 2.45) is 0 Å². The van der Waals surface area contributed by atoms with Gasteiger partial charge in [0.1, 0.15) is 5.75 Å². The first kappa shape index (κ1) is 19.2. The number of aromatic nitrogens is 4. The highest BCUT2D eigenvalue weighted by Gasteiger charge is 2.28. The minimum absolute atomic E-state index is 0.180. The Hall–Kier alpha value is -2.55. The van der Waals surface area contributed by atoms with Gasteiger partial charge in [-0.1, -0.05) is 42.1 Å². The van der Waals surface area contributed by atoms with Gasteiger partial charge in [-0.3, -0.25) is 0 Å². The quantitative estimate of drug-likeness (QED) is 0.576. The van der Waals surface area contributed by atoms with Gasteiger partial charge in [0.05, 0.1) is 5.69 Å². The summed E-state index contributed by atoms with van der Waals surface area (Å²) in [6.45, 7) is 2.66. The summed E-state index contributed by atoms with van der Waals surface area (Å²) in [6.07, 6.45) is -4.36. The number of halogens is 3. The SMILES string of the molecule is Cc1cccc(C)c1-n1nnnc1SCc1cccc(OCC(F)(F)F)c1. The first-order chi connectivity index (χ1) is 12.8. The maximum Gasteiger partial charge on any atom is 0.422 e. The summed E-state index contributed by atoms with van der Waals surface area (Å²) in [7, 11) is 0. The lowest BCUT2D eigenvalue weighted by Crippen LogP contribution is -2.19. The maximum absolute atomic E-state index is 12.3. The Balaban J connectivity index is 1.73. The van der Waals surface area contributed by atoms with E-state index >= 15 is 0 Å². The van der Waals surface area contributed by atoms with Gasteiger partial charge < -0.3 is 4.74 Å². The molecule has 1 heterocycles. The molecule has 1 aromatic heterocycles. The predicted octanol–water partition coefficient (Wildman–Crippen LogP) is 4.51. The van der Waals surface area contributed by atoms with Crippen molar-refractivity contribution in [3.05, 3.63) is 59.2 Å². The second-order valence-electron chi connectivity index (χ2n) is 5.95. The first-order valence-corrected chi connectivity index (χ1v) is 9.08. The normalized spacial score (nSPS) is 11.6. The molecule has 2 aromatic carbocycles. The number of benzene rings is 2. The van der Waals surface area contributed by atoms with Crippen LogP contribution < -0.4 is 4.74 Å². The van der Waals surface area contributed by atoms with Crippen LogP contribution in [0.1, 0.15) is 16.7 Å². The fourth-order valence-corrected chi connectivity index (χ4v) is 3.41. The number of alkyl halides is 3. The number of tetrazole rings is 1. The van der Waals surface area contributed by atoms with Crippen molar-refractivity contribution in [1.29, 1.82) is 0 Å². The molecule has 0 saturated carbocycles. The van der Waals surface area contributed by atoms with E-state index in [4.69, 9.17) is 4.74 Å². The van der Waals surface area contributed by atoms with Crippen molar-refractivity contribution in [3.8, 4) is 11.4 Å². The van der Waals surface area contributed by atoms with E-state index in [-0.39, 0.29) is 5.75 Å². The molecule has 0 radical (unpaired) electrons. The minimum Gasteiger partial charge on any atom is -0.484 e. The summed E-state index contributed by atoms with van der Waals surface area (Å²) >= 11 is 1.40. The molecule has 0 saturated heterocycles. The number of hydrogen-bond acceptors (Lipinski definition) is 5. The molecule has 0 aliphatic carbocycles. The summed E-state index contributed by atoms with van der Waals surface area (Å²) in [5.74, 6) is 0.675. The van der Waals surface area contributed by atoms with Gasteiger partial charge in [0, 0.05) is 5.75 Å². The molecule has 0 amide bonds. The topological polar surface area (TPSA) is 52.8 Å². The number of hydrogen-bond donors (Lipinski definition) is 0. The monoisotopic (exact) mass is 394 g/mol. The average Bonchev–Trinajstić information content (AvgIpc) is 3.06. The second-order valence-corrected chi connectivity index (χ2v) is 6.90. The van der Waals surface area contributed by atoms with E-state index in [1.807, 2.05) is 38.1 Å². The fourth-order valence-electron chi connectivity index (χ4n) is 2.59. The molecular formula is C18H17F3N4OS. The van der Waals surface area contributed by atoms with Gasteiger partial charge in [-0.25, -0.2) is 0 Å². The molecule has 0 unspecified atom stereocenters. The largest absolute Gasteiger partial charge is 0.484 e. The number of rotatable bonds is 6. The van der Waals surface area contributed by atoms with E-state index in [0.717, 1.165) is 22.4 Å². The summed E-state index contributed by atoms with van der Waals surface area (Å²) in [5, 5.41) is 12.5. The summed E-state index contributed by atoms with van der Waals surface area (Å²) in [5.41, 5.74) is 3.83. The zero-order chi connectivity index (χ0) is 19.4. The van der Waals surface area contributed by atoms with Crippen molar-refractivity contribution < 1.29 is 17.9 Å². The van der Waals surface area contributed by atoms with Gasteiger partial charge in [0.15, 0.2) is 6.61 Å². The molecular weight excluding hydrogens is 377 g/mol. The van der Waals surface area contributed by atoms with Crippen LogP contribution in [-0.2, 0) is 5.75 Å². The second kappa shape index (κ2) is 7.99. The van der Waals surface area contributed by atoms with Gasteiger partial charge in [-0.05, 0) is 53.1 Å². The molecule has 27 heavy (non-hydrogen) atoms. The molecule has 0 aliphatic heterocycles. The number of thioether (sulfide) groups is 1. The Morgan fingerprint density at radius 1 is 1.07 bits per heavy atom. The van der Waals surface area contributed by atoms with E-state index in [1.165, 1.54) is 17.8 Å². The van der Waals surface area contributed by atoms with Crippen LogP contribution in [0.5, 0.6) is 5.75 Å². The highest BCUT2D eigenvalue weighted by atomic mass is 32.2. The average molecular weight is 394 g/mol. The molecule has 0 atom stereocenters. The minimum atomic E-state index is -4.36. The van der Waals surface area contributed by atoms with Crippen LogP contribution in [0, 0.1) is 13.8 Å². The van der Waals surface area contributed by atoms with Crippen LogP contribution in [-0.4, -0.2) is 33.0 Å². The van der Waals surface area contributed by atoms with Gasteiger partial charge in [-0.15, -0.1) is 5.10 Å². The molecule has 3 rings (SSSR count). The molecule has 0 N–H and O–H groups in total. The summed E-state index contributed by atoms with van der Waals surface area (Å²) < 4.78 is 43.4. The predicted molar refractivity (Wildman–Crippen MR) is 96.2 cm³/mol. The van der Waals surface area contributed by atoms with Gasteiger partial charge in [0.25, 0.3) is 0 Å². The van der Waals surface area contributed by atoms with Gasteiger partial charge in [0.2, 0.25) is 5.16 Å². The highest BCUT2D eigenvalue weighted by molar-refractivity contribution is 7.98. The maximum atomic E-state index is 12.3. The third kappa shape index (κ3) is 5.00. The van der Waals surface area contributed by atoms with Crippen LogP contribution in [0.2, 0.25) is 0 Å². The molecule has 0 fully saturated rings. The van der Waals surface area contributed by atoms with Gasteiger partial charge >= 0.3 is 6.18 Å². The Morgan fingerprint density at radius 3 is 2.48 bits per heavy atom. The Bertz CT molecular complexity index is 907. The lowest BCUT2D eigenvalue weighted by atomic mass is 10.1. The molecule has 0 spiro atoms. The van der Waals surface area contributed by atoms with Crippen LogP contribution in [0.4, 0.5) is 13.2 Å².